The molecule has 5 heteroatoms. The van der Waals surface area contributed by atoms with Crippen molar-refractivity contribution < 1.29 is 9.13 Å². The molecular weight excluding hydrogens is 279 g/mol. The van der Waals surface area contributed by atoms with Crippen LogP contribution in [-0.4, -0.2) is 7.11 Å². The first kappa shape index (κ1) is 14.2. The summed E-state index contributed by atoms with van der Waals surface area (Å²) in [7, 11) is 1.55. The fraction of sp³-hybridized carbons (Fsp3) is 0.133. The van der Waals surface area contributed by atoms with Crippen LogP contribution in [0.15, 0.2) is 42.5 Å². The standard InChI is InChI=1S/C15H12ClFN2O/c1-20-11-5-2-4-10(8-11)19-14(9-18)12-6-3-7-13(16)15(12)17/h2-8,14,19H,1H3. The van der Waals surface area contributed by atoms with Crippen molar-refractivity contribution in [2.24, 2.45) is 0 Å². The second-order valence-corrected chi connectivity index (χ2v) is 4.49. The van der Waals surface area contributed by atoms with Crippen molar-refractivity contribution in [3.8, 4) is 11.8 Å². The Hall–Kier alpha value is -2.25. The van der Waals surface area contributed by atoms with E-state index in [1.807, 2.05) is 6.07 Å². The van der Waals surface area contributed by atoms with Gasteiger partial charge in [-0.1, -0.05) is 29.8 Å². The topological polar surface area (TPSA) is 45.0 Å². The summed E-state index contributed by atoms with van der Waals surface area (Å²) >= 11 is 5.73. The minimum absolute atomic E-state index is 0.00445. The van der Waals surface area contributed by atoms with Crippen LogP contribution in [0.5, 0.6) is 5.75 Å². The molecule has 0 amide bonds. The van der Waals surface area contributed by atoms with Crippen LogP contribution in [0.3, 0.4) is 0 Å². The van der Waals surface area contributed by atoms with E-state index in [0.717, 1.165) is 0 Å². The number of nitriles is 1. The van der Waals surface area contributed by atoms with Crippen molar-refractivity contribution in [1.29, 1.82) is 5.26 Å². The highest BCUT2D eigenvalue weighted by Crippen LogP contribution is 2.27. The molecule has 102 valence electrons. The molecule has 3 nitrogen and oxygen atoms in total. The number of nitrogens with one attached hydrogen (secondary N) is 1. The fourth-order valence-electron chi connectivity index (χ4n) is 1.80. The lowest BCUT2D eigenvalue weighted by Crippen LogP contribution is -2.10. The van der Waals surface area contributed by atoms with E-state index < -0.39 is 11.9 Å². The summed E-state index contributed by atoms with van der Waals surface area (Å²) in [5, 5.41) is 12.2. The third-order valence-corrected chi connectivity index (χ3v) is 3.09. The minimum atomic E-state index is -0.833. The fourth-order valence-corrected chi connectivity index (χ4v) is 1.98. The smallest absolute Gasteiger partial charge is 0.148 e. The Labute approximate surface area is 121 Å². The predicted molar refractivity (Wildman–Crippen MR) is 76.4 cm³/mol. The van der Waals surface area contributed by atoms with Crippen LogP contribution < -0.4 is 10.1 Å². The summed E-state index contributed by atoms with van der Waals surface area (Å²) in [6, 6.07) is 12.8. The number of hydrogen-bond donors (Lipinski definition) is 1. The van der Waals surface area contributed by atoms with Gasteiger partial charge in [0.1, 0.15) is 17.6 Å². The number of hydrogen-bond acceptors (Lipinski definition) is 3. The second-order valence-electron chi connectivity index (χ2n) is 4.08. The van der Waals surface area contributed by atoms with Crippen molar-refractivity contribution in [2.45, 2.75) is 6.04 Å². The number of methoxy groups -OCH3 is 1. The van der Waals surface area contributed by atoms with Gasteiger partial charge in [-0.05, 0) is 18.2 Å². The maximum Gasteiger partial charge on any atom is 0.148 e. The van der Waals surface area contributed by atoms with Gasteiger partial charge in [-0.2, -0.15) is 5.26 Å². The van der Waals surface area contributed by atoms with Crippen LogP contribution in [-0.2, 0) is 0 Å². The number of anilines is 1. The quantitative estimate of drug-likeness (QED) is 0.919. The molecule has 0 aliphatic heterocycles. The van der Waals surface area contributed by atoms with Crippen LogP contribution in [0, 0.1) is 17.1 Å². The lowest BCUT2D eigenvalue weighted by atomic mass is 10.1. The van der Waals surface area contributed by atoms with Gasteiger partial charge in [0.2, 0.25) is 0 Å². The summed E-state index contributed by atoms with van der Waals surface area (Å²) in [5.74, 6) is 0.0642. The lowest BCUT2D eigenvalue weighted by molar-refractivity contribution is 0.415. The Bertz CT molecular complexity index is 655. The van der Waals surface area contributed by atoms with E-state index >= 15 is 0 Å². The largest absolute Gasteiger partial charge is 0.497 e. The highest BCUT2D eigenvalue weighted by atomic mass is 35.5. The molecule has 2 rings (SSSR count). The second kappa shape index (κ2) is 6.27. The van der Waals surface area contributed by atoms with Crippen molar-refractivity contribution in [2.75, 3.05) is 12.4 Å². The molecule has 0 radical (unpaired) electrons. The first-order valence-corrected chi connectivity index (χ1v) is 6.27. The van der Waals surface area contributed by atoms with Crippen molar-refractivity contribution in [1.82, 2.24) is 0 Å². The molecule has 0 aromatic heterocycles. The summed E-state index contributed by atoms with van der Waals surface area (Å²) in [4.78, 5) is 0. The van der Waals surface area contributed by atoms with Gasteiger partial charge in [-0.25, -0.2) is 4.39 Å². The number of nitrogens with zero attached hydrogens (tertiary/aromatic N) is 1. The highest BCUT2D eigenvalue weighted by Gasteiger charge is 2.17. The van der Waals surface area contributed by atoms with Crippen molar-refractivity contribution in [3.63, 3.8) is 0 Å². The molecule has 20 heavy (non-hydrogen) atoms. The van der Waals surface area contributed by atoms with Gasteiger partial charge in [0, 0.05) is 17.3 Å². The van der Waals surface area contributed by atoms with Gasteiger partial charge in [0.05, 0.1) is 18.2 Å². The molecule has 0 saturated heterocycles. The van der Waals surface area contributed by atoms with Crippen LogP contribution in [0.4, 0.5) is 10.1 Å². The molecule has 0 aliphatic carbocycles. The minimum Gasteiger partial charge on any atom is -0.497 e. The molecule has 0 aliphatic rings. The number of halogens is 2. The average molecular weight is 291 g/mol. The monoisotopic (exact) mass is 290 g/mol. The van der Waals surface area contributed by atoms with Crippen LogP contribution in [0.2, 0.25) is 5.02 Å². The maximum atomic E-state index is 13.9. The molecule has 1 N–H and O–H groups in total. The van der Waals surface area contributed by atoms with E-state index in [9.17, 15) is 9.65 Å². The molecule has 1 unspecified atom stereocenters. The molecule has 2 aromatic rings. The Morgan fingerprint density at radius 2 is 2.05 bits per heavy atom. The molecule has 0 spiro atoms. The van der Waals surface area contributed by atoms with E-state index in [-0.39, 0.29) is 10.6 Å². The number of rotatable bonds is 4. The summed E-state index contributed by atoms with van der Waals surface area (Å²) < 4.78 is 19.0. The first-order valence-electron chi connectivity index (χ1n) is 5.90. The van der Waals surface area contributed by atoms with Gasteiger partial charge in [0.25, 0.3) is 0 Å². The summed E-state index contributed by atoms with van der Waals surface area (Å²) in [5.41, 5.74) is 0.873. The highest BCUT2D eigenvalue weighted by molar-refractivity contribution is 6.30. The van der Waals surface area contributed by atoms with Gasteiger partial charge in [0.15, 0.2) is 0 Å². The Morgan fingerprint density at radius 1 is 1.30 bits per heavy atom. The normalized spacial score (nSPS) is 11.5. The zero-order valence-electron chi connectivity index (χ0n) is 10.7. The van der Waals surface area contributed by atoms with Gasteiger partial charge < -0.3 is 10.1 Å². The van der Waals surface area contributed by atoms with Crippen LogP contribution in [0.1, 0.15) is 11.6 Å². The first-order chi connectivity index (χ1) is 9.65. The van der Waals surface area contributed by atoms with Crippen LogP contribution in [0.25, 0.3) is 0 Å². The third-order valence-electron chi connectivity index (χ3n) is 2.80. The SMILES string of the molecule is COc1cccc(NC(C#N)c2cccc(Cl)c2F)c1. The van der Waals surface area contributed by atoms with E-state index in [2.05, 4.69) is 5.32 Å². The van der Waals surface area contributed by atoms with E-state index in [1.54, 1.807) is 37.4 Å². The average Bonchev–Trinajstić information content (AvgIpc) is 2.48. The molecule has 0 heterocycles. The zero-order chi connectivity index (χ0) is 14.5. The molecule has 0 bridgehead atoms. The molecule has 0 fully saturated rings. The lowest BCUT2D eigenvalue weighted by Gasteiger charge is -2.15. The van der Waals surface area contributed by atoms with E-state index in [1.165, 1.54) is 12.1 Å². The van der Waals surface area contributed by atoms with Crippen molar-refractivity contribution >= 4 is 17.3 Å². The predicted octanol–water partition coefficient (Wildman–Crippen LogP) is 4.16. The van der Waals surface area contributed by atoms with Crippen molar-refractivity contribution in [3.05, 3.63) is 58.9 Å². The summed E-state index contributed by atoms with van der Waals surface area (Å²) in [6.45, 7) is 0. The van der Waals surface area contributed by atoms with E-state index in [4.69, 9.17) is 16.3 Å². The summed E-state index contributed by atoms with van der Waals surface area (Å²) in [6.07, 6.45) is 0. The van der Waals surface area contributed by atoms with Gasteiger partial charge in [-0.15, -0.1) is 0 Å². The molecule has 0 saturated carbocycles. The number of ether oxygens (including phenoxy) is 1. The maximum absolute atomic E-state index is 13.9. The van der Waals surface area contributed by atoms with Gasteiger partial charge >= 0.3 is 0 Å². The Balaban J connectivity index is 2.29. The van der Waals surface area contributed by atoms with E-state index in [0.29, 0.717) is 11.4 Å². The Morgan fingerprint density at radius 3 is 2.75 bits per heavy atom. The third kappa shape index (κ3) is 3.01. The Kier molecular flexibility index (Phi) is 4.44. The van der Waals surface area contributed by atoms with Crippen LogP contribution >= 0.6 is 11.6 Å². The molecular formula is C15H12ClFN2O. The zero-order valence-corrected chi connectivity index (χ0v) is 11.5. The van der Waals surface area contributed by atoms with Gasteiger partial charge in [-0.3, -0.25) is 0 Å². The molecule has 1 atom stereocenters. The molecule has 2 aromatic carbocycles. The number of benzene rings is 2.